The first-order valence-corrected chi connectivity index (χ1v) is 17.8. The van der Waals surface area contributed by atoms with Crippen LogP contribution in [-0.2, 0) is 26.0 Å². The number of hydrogen-bond donors (Lipinski definition) is 0. The van der Waals surface area contributed by atoms with Crippen molar-refractivity contribution in [2.75, 3.05) is 23.0 Å². The first-order chi connectivity index (χ1) is 20.8. The monoisotopic (exact) mass is 751 g/mol. The summed E-state index contributed by atoms with van der Waals surface area (Å²) in [4.78, 5) is 1.76. The van der Waals surface area contributed by atoms with E-state index >= 15 is 0 Å². The lowest BCUT2D eigenvalue weighted by Gasteiger charge is -2.20. The van der Waals surface area contributed by atoms with Gasteiger partial charge in [0.15, 0.2) is 12.3 Å². The van der Waals surface area contributed by atoms with Crippen LogP contribution >= 0.6 is 46.0 Å². The van der Waals surface area contributed by atoms with E-state index in [4.69, 9.17) is 4.74 Å². The Morgan fingerprint density at radius 2 is 1.95 bits per heavy atom. The molecule has 0 spiro atoms. The maximum Gasteiger partial charge on any atom is 0.263 e. The van der Waals surface area contributed by atoms with Crippen molar-refractivity contribution in [1.82, 2.24) is 0 Å². The molecule has 3 aromatic carbocycles. The van der Waals surface area contributed by atoms with Crippen LogP contribution < -0.4 is 19.5 Å². The average Bonchev–Trinajstić information content (AvgIpc) is 3.51. The predicted octanol–water partition coefficient (Wildman–Crippen LogP) is 5.80. The van der Waals surface area contributed by atoms with Gasteiger partial charge in [0, 0.05) is 52.5 Å². The smallest absolute Gasteiger partial charge is 0.263 e. The number of hydrogen-bond acceptors (Lipinski definition) is 10. The van der Waals surface area contributed by atoms with Gasteiger partial charge in [-0.1, -0.05) is 54.7 Å². The Balaban J connectivity index is 1.51. The van der Waals surface area contributed by atoms with Crippen LogP contribution in [0.15, 0.2) is 84.3 Å². The zero-order chi connectivity index (χ0) is 30.4. The molecule has 0 N–H and O–H groups in total. The minimum Gasteiger partial charge on any atom is -0.748 e. The zero-order valence-electron chi connectivity index (χ0n) is 23.1. The third-order valence-electron chi connectivity index (χ3n) is 6.81. The van der Waals surface area contributed by atoms with E-state index in [1.54, 1.807) is 16.2 Å². The molecule has 0 radical (unpaired) electrons. The van der Waals surface area contributed by atoms with Gasteiger partial charge in [0.1, 0.15) is 4.70 Å². The molecule has 9 nitrogen and oxygen atoms in total. The molecule has 5 rings (SSSR count). The third-order valence-corrected chi connectivity index (χ3v) is 9.88. The van der Waals surface area contributed by atoms with Crippen molar-refractivity contribution in [2.45, 2.75) is 26.3 Å². The second-order valence-corrected chi connectivity index (χ2v) is 14.2. The topological polar surface area (TPSA) is 115 Å². The Kier molecular flexibility index (Phi) is 10.8. The van der Waals surface area contributed by atoms with Crippen molar-refractivity contribution in [3.63, 3.8) is 0 Å². The summed E-state index contributed by atoms with van der Waals surface area (Å²) >= 11 is 4.94. The van der Waals surface area contributed by atoms with Crippen LogP contribution in [0.3, 0.4) is 0 Å². The van der Waals surface area contributed by atoms with Crippen LogP contribution in [0.25, 0.3) is 27.4 Å². The average molecular weight is 752 g/mol. The van der Waals surface area contributed by atoms with E-state index in [1.807, 2.05) is 61.5 Å². The largest absolute Gasteiger partial charge is 0.748 e. The molecule has 0 unspecified atom stereocenters. The lowest BCUT2D eigenvalue weighted by Crippen LogP contribution is -2.35. The van der Waals surface area contributed by atoms with E-state index in [1.165, 1.54) is 0 Å². The Labute approximate surface area is 272 Å². The summed E-state index contributed by atoms with van der Waals surface area (Å²) in [6.07, 6.45) is 5.45. The second kappa shape index (κ2) is 14.5. The maximum atomic E-state index is 11.6. The van der Waals surface area contributed by atoms with Crippen LogP contribution in [0.2, 0.25) is 0 Å². The number of allylic oxidation sites excluding steroid dienone is 2. The molecule has 4 aromatic rings. The van der Waals surface area contributed by atoms with E-state index in [0.29, 0.717) is 36.0 Å². The van der Waals surface area contributed by atoms with Crippen LogP contribution in [0, 0.1) is 3.57 Å². The van der Waals surface area contributed by atoms with E-state index in [9.17, 15) is 18.2 Å². The lowest BCUT2D eigenvalue weighted by atomic mass is 10.0. The number of halogens is 1. The predicted molar refractivity (Wildman–Crippen MR) is 175 cm³/mol. The molecule has 43 heavy (non-hydrogen) atoms. The number of rotatable bonds is 13. The molecule has 13 heteroatoms. The van der Waals surface area contributed by atoms with Crippen molar-refractivity contribution >= 4 is 78.1 Å². The molecule has 0 saturated carbocycles. The van der Waals surface area contributed by atoms with Gasteiger partial charge in [-0.15, -0.1) is 0 Å². The summed E-state index contributed by atoms with van der Waals surface area (Å²) in [7, 11) is -4.45. The van der Waals surface area contributed by atoms with Gasteiger partial charge in [0.05, 0.1) is 21.6 Å². The summed E-state index contributed by atoms with van der Waals surface area (Å²) < 4.78 is 50.0. The van der Waals surface area contributed by atoms with Gasteiger partial charge in [-0.2, -0.15) is 8.90 Å². The molecule has 0 aliphatic carbocycles. The molecule has 1 aliphatic heterocycles. The number of nitrogens with zero attached hydrogens (tertiary/aromatic N) is 2. The van der Waals surface area contributed by atoms with E-state index < -0.39 is 15.9 Å². The SMILES string of the molecule is CCC(/C=C1\Oc2ccc(-c3ccccc3)cc2N1CCS(=O)(=O)[O-])=C\c1sc2ccc(I)cc2[n+]1CCCSOO[O-]. The number of thiazole rings is 1. The third kappa shape index (κ3) is 8.16. The zero-order valence-corrected chi connectivity index (χ0v) is 27.7. The highest BCUT2D eigenvalue weighted by molar-refractivity contribution is 14.1. The van der Waals surface area contributed by atoms with Crippen molar-refractivity contribution in [2.24, 2.45) is 0 Å². The molecular weight excluding hydrogens is 723 g/mol. The number of aryl methyl sites for hydroxylation is 1. The molecule has 0 bridgehead atoms. The highest BCUT2D eigenvalue weighted by Crippen LogP contribution is 2.42. The first-order valence-electron chi connectivity index (χ1n) is 13.5. The van der Waals surface area contributed by atoms with Gasteiger partial charge >= 0.3 is 0 Å². The summed E-state index contributed by atoms with van der Waals surface area (Å²) in [5, 5.41) is 14.6. The van der Waals surface area contributed by atoms with Crippen molar-refractivity contribution in [3.8, 4) is 16.9 Å². The number of fused-ring (bicyclic) bond motifs is 2. The van der Waals surface area contributed by atoms with Crippen molar-refractivity contribution in [3.05, 3.63) is 92.8 Å². The second-order valence-electron chi connectivity index (χ2n) is 9.64. The maximum absolute atomic E-state index is 11.6. The quantitative estimate of drug-likeness (QED) is 0.0318. The van der Waals surface area contributed by atoms with Crippen LogP contribution in [0.1, 0.15) is 24.8 Å². The van der Waals surface area contributed by atoms with Crippen LogP contribution in [-0.4, -0.2) is 31.0 Å². The van der Waals surface area contributed by atoms with Crippen LogP contribution in [0.5, 0.6) is 5.75 Å². The Hall–Kier alpha value is -2.50. The fourth-order valence-corrected chi connectivity index (χ4v) is 7.14. The summed E-state index contributed by atoms with van der Waals surface area (Å²) in [5.74, 6) is 1.09. The van der Waals surface area contributed by atoms with Gasteiger partial charge in [-0.25, -0.2) is 8.42 Å². The molecular formula is C30H28IN2O7S3-. The Morgan fingerprint density at radius 1 is 1.14 bits per heavy atom. The molecule has 226 valence electrons. The number of benzene rings is 3. The highest BCUT2D eigenvalue weighted by Gasteiger charge is 2.28. The molecule has 2 heterocycles. The number of aromatic nitrogens is 1. The van der Waals surface area contributed by atoms with Gasteiger partial charge in [0.25, 0.3) is 5.01 Å². The summed E-state index contributed by atoms with van der Waals surface area (Å²) in [5.41, 5.74) is 4.76. The number of ether oxygens (including phenoxy) is 1. The summed E-state index contributed by atoms with van der Waals surface area (Å²) in [6, 6.07) is 22.0. The molecule has 0 amide bonds. The molecule has 0 fully saturated rings. The fraction of sp³-hybridized carbons (Fsp3) is 0.233. The van der Waals surface area contributed by atoms with Crippen molar-refractivity contribution < 1.29 is 36.9 Å². The van der Waals surface area contributed by atoms with Gasteiger partial charge in [-0.3, -0.25) is 5.04 Å². The molecule has 0 saturated heterocycles. The van der Waals surface area contributed by atoms with Crippen molar-refractivity contribution in [1.29, 1.82) is 0 Å². The minimum atomic E-state index is -4.45. The normalized spacial score (nSPS) is 14.5. The summed E-state index contributed by atoms with van der Waals surface area (Å²) in [6.45, 7) is 2.71. The fourth-order valence-electron chi connectivity index (χ4n) is 4.76. The van der Waals surface area contributed by atoms with Gasteiger partial charge in [-0.05, 0) is 70.0 Å². The first kappa shape index (κ1) is 31.9. The molecule has 1 aliphatic rings. The van der Waals surface area contributed by atoms with Gasteiger partial charge < -0.3 is 19.4 Å². The number of anilines is 1. The Bertz CT molecular complexity index is 1760. The van der Waals surface area contributed by atoms with E-state index in [-0.39, 0.29) is 6.54 Å². The highest BCUT2D eigenvalue weighted by atomic mass is 127. The molecule has 1 aromatic heterocycles. The lowest BCUT2D eigenvalue weighted by molar-refractivity contribution is -0.777. The van der Waals surface area contributed by atoms with Gasteiger partial charge in [0.2, 0.25) is 11.4 Å². The standard InChI is InChI=1S/C30H29IN2O7S3/c1-2-21(18-30-33(13-6-15-41-40-39-34)26-20-24(31)10-12-28(26)42-30)17-29-32(14-16-43(35,36)37)25-19-23(9-11-27(25)38-29)22-7-4-3-5-8-22/h3-5,7-12,17-20H,2,6,13-16H2,1H3,(H-,34,35,36,37)/p-1. The van der Waals surface area contributed by atoms with E-state index in [0.717, 1.165) is 54.0 Å². The Morgan fingerprint density at radius 3 is 2.70 bits per heavy atom. The minimum absolute atomic E-state index is 0.0337. The van der Waals surface area contributed by atoms with E-state index in [2.05, 4.69) is 60.8 Å². The van der Waals surface area contributed by atoms with Crippen LogP contribution in [0.4, 0.5) is 5.69 Å². The molecule has 0 atom stereocenters.